The van der Waals surface area contributed by atoms with Crippen molar-refractivity contribution in [1.29, 1.82) is 0 Å². The van der Waals surface area contributed by atoms with Gasteiger partial charge in [0.1, 0.15) is 0 Å². The second-order valence-electron chi connectivity index (χ2n) is 4.05. The van der Waals surface area contributed by atoms with E-state index in [-0.39, 0.29) is 11.9 Å². The van der Waals surface area contributed by atoms with Crippen LogP contribution in [0, 0.1) is 5.92 Å². The quantitative estimate of drug-likeness (QED) is 0.575. The van der Waals surface area contributed by atoms with Crippen LogP contribution in [0.2, 0.25) is 0 Å². The highest BCUT2D eigenvalue weighted by atomic mass is 16.5. The second kappa shape index (κ2) is 5.50. The summed E-state index contributed by atoms with van der Waals surface area (Å²) in [5.74, 6) is -0.0796. The van der Waals surface area contributed by atoms with Crippen LogP contribution in [-0.2, 0) is 9.53 Å². The molecule has 0 spiro atoms. The third-order valence-electron chi connectivity index (χ3n) is 2.59. The Morgan fingerprint density at radius 2 is 1.75 bits per heavy atom. The van der Waals surface area contributed by atoms with E-state index in [1.165, 1.54) is 7.11 Å². The predicted octanol–water partition coefficient (Wildman–Crippen LogP) is 3.29. The average Bonchev–Trinajstić information content (AvgIpc) is 2.29. The van der Waals surface area contributed by atoms with Crippen molar-refractivity contribution < 1.29 is 9.53 Å². The molecule has 0 bridgehead atoms. The van der Waals surface area contributed by atoms with Gasteiger partial charge < -0.3 is 4.74 Å². The van der Waals surface area contributed by atoms with Gasteiger partial charge >= 0.3 is 5.97 Å². The number of benzene rings is 1. The lowest BCUT2D eigenvalue weighted by Crippen LogP contribution is -2.12. The van der Waals surface area contributed by atoms with Gasteiger partial charge in [0.15, 0.2) is 0 Å². The number of methoxy groups -OCH3 is 1. The van der Waals surface area contributed by atoms with Crippen LogP contribution in [0.3, 0.4) is 0 Å². The first kappa shape index (κ1) is 12.5. The largest absolute Gasteiger partial charge is 0.466 e. The topological polar surface area (TPSA) is 26.3 Å². The maximum Gasteiger partial charge on any atom is 0.334 e. The lowest BCUT2D eigenvalue weighted by atomic mass is 9.94. The molecule has 0 aliphatic carbocycles. The summed E-state index contributed by atoms with van der Waals surface area (Å²) in [6, 6.07) is 9.90. The Bertz CT molecular complexity index is 388. The van der Waals surface area contributed by atoms with Crippen molar-refractivity contribution >= 4 is 11.5 Å². The van der Waals surface area contributed by atoms with Crippen LogP contribution in [0.1, 0.15) is 26.3 Å². The molecule has 1 rings (SSSR count). The molecule has 0 unspecified atom stereocenters. The summed E-state index contributed by atoms with van der Waals surface area (Å²) in [6.45, 7) is 5.96. The molecule has 86 valence electrons. The molecule has 0 amide bonds. The van der Waals surface area contributed by atoms with Crippen LogP contribution in [0.25, 0.3) is 5.57 Å². The highest BCUT2D eigenvalue weighted by Gasteiger charge is 2.17. The zero-order chi connectivity index (χ0) is 12.1. The second-order valence-corrected chi connectivity index (χ2v) is 4.05. The number of carbonyl (C=O) groups is 1. The van der Waals surface area contributed by atoms with Gasteiger partial charge in [0.05, 0.1) is 7.11 Å². The molecular weight excluding hydrogens is 200 g/mol. The number of allylic oxidation sites excluding steroid dienone is 1. The van der Waals surface area contributed by atoms with Gasteiger partial charge in [-0.1, -0.05) is 44.2 Å². The van der Waals surface area contributed by atoms with Gasteiger partial charge in [-0.3, -0.25) is 0 Å². The number of hydrogen-bond donors (Lipinski definition) is 0. The van der Waals surface area contributed by atoms with Crippen molar-refractivity contribution in [1.82, 2.24) is 0 Å². The third kappa shape index (κ3) is 2.72. The first-order valence-corrected chi connectivity index (χ1v) is 5.42. The Morgan fingerprint density at radius 1 is 1.19 bits per heavy atom. The summed E-state index contributed by atoms with van der Waals surface area (Å²) >= 11 is 0. The highest BCUT2D eigenvalue weighted by Crippen LogP contribution is 2.24. The van der Waals surface area contributed by atoms with Crippen molar-refractivity contribution in [2.24, 2.45) is 5.92 Å². The summed E-state index contributed by atoms with van der Waals surface area (Å²) in [7, 11) is 1.42. The Labute approximate surface area is 96.9 Å². The van der Waals surface area contributed by atoms with Gasteiger partial charge in [0, 0.05) is 5.57 Å². The zero-order valence-electron chi connectivity index (χ0n) is 10.3. The van der Waals surface area contributed by atoms with E-state index >= 15 is 0 Å². The van der Waals surface area contributed by atoms with E-state index in [4.69, 9.17) is 4.74 Å². The Kier molecular flexibility index (Phi) is 4.29. The van der Waals surface area contributed by atoms with Crippen molar-refractivity contribution in [3.63, 3.8) is 0 Å². The third-order valence-corrected chi connectivity index (χ3v) is 2.59. The van der Waals surface area contributed by atoms with Gasteiger partial charge in [-0.05, 0) is 24.0 Å². The van der Waals surface area contributed by atoms with E-state index in [0.717, 1.165) is 16.7 Å². The average molecular weight is 218 g/mol. The monoisotopic (exact) mass is 218 g/mol. The lowest BCUT2D eigenvalue weighted by molar-refractivity contribution is -0.136. The van der Waals surface area contributed by atoms with Gasteiger partial charge in [-0.15, -0.1) is 0 Å². The minimum absolute atomic E-state index is 0.160. The molecule has 2 heteroatoms. The highest BCUT2D eigenvalue weighted by molar-refractivity contribution is 5.97. The van der Waals surface area contributed by atoms with E-state index in [1.54, 1.807) is 0 Å². The van der Waals surface area contributed by atoms with Crippen LogP contribution < -0.4 is 0 Å². The predicted molar refractivity (Wildman–Crippen MR) is 65.9 cm³/mol. The molecule has 0 aromatic heterocycles. The van der Waals surface area contributed by atoms with E-state index in [2.05, 4.69) is 0 Å². The molecule has 0 fully saturated rings. The molecule has 1 aromatic rings. The SMILES string of the molecule is COC(=O)/C(=C(\C)c1ccccc1)C(C)C. The number of esters is 1. The summed E-state index contributed by atoms with van der Waals surface area (Å²) in [5, 5.41) is 0. The van der Waals surface area contributed by atoms with E-state index in [1.807, 2.05) is 51.1 Å². The molecule has 2 nitrogen and oxygen atoms in total. The van der Waals surface area contributed by atoms with Gasteiger partial charge in [0.25, 0.3) is 0 Å². The Balaban J connectivity index is 3.22. The Morgan fingerprint density at radius 3 is 2.19 bits per heavy atom. The molecule has 1 aromatic carbocycles. The van der Waals surface area contributed by atoms with E-state index in [0.29, 0.717) is 0 Å². The minimum atomic E-state index is -0.239. The maximum atomic E-state index is 11.7. The first-order chi connectivity index (χ1) is 7.57. The normalized spacial score (nSPS) is 12.3. The smallest absolute Gasteiger partial charge is 0.334 e. The molecular formula is C14H18O2. The Hall–Kier alpha value is -1.57. The fourth-order valence-electron chi connectivity index (χ4n) is 1.78. The van der Waals surface area contributed by atoms with Crippen molar-refractivity contribution in [3.8, 4) is 0 Å². The fourth-order valence-corrected chi connectivity index (χ4v) is 1.78. The minimum Gasteiger partial charge on any atom is -0.466 e. The molecule has 0 atom stereocenters. The van der Waals surface area contributed by atoms with E-state index in [9.17, 15) is 4.79 Å². The summed E-state index contributed by atoms with van der Waals surface area (Å²) < 4.78 is 4.82. The summed E-state index contributed by atoms with van der Waals surface area (Å²) in [5.41, 5.74) is 2.80. The van der Waals surface area contributed by atoms with Gasteiger partial charge in [-0.2, -0.15) is 0 Å². The lowest BCUT2D eigenvalue weighted by Gasteiger charge is -2.13. The van der Waals surface area contributed by atoms with Crippen molar-refractivity contribution in [3.05, 3.63) is 41.5 Å². The van der Waals surface area contributed by atoms with Gasteiger partial charge in [-0.25, -0.2) is 4.79 Å². The van der Waals surface area contributed by atoms with Crippen LogP contribution in [-0.4, -0.2) is 13.1 Å². The molecule has 0 saturated carbocycles. The zero-order valence-corrected chi connectivity index (χ0v) is 10.3. The summed E-state index contributed by atoms with van der Waals surface area (Å²) in [4.78, 5) is 11.7. The van der Waals surface area contributed by atoms with Crippen LogP contribution in [0.5, 0.6) is 0 Å². The molecule has 0 aliphatic heterocycles. The number of rotatable bonds is 3. The first-order valence-electron chi connectivity index (χ1n) is 5.42. The summed E-state index contributed by atoms with van der Waals surface area (Å²) in [6.07, 6.45) is 0. The number of hydrogen-bond acceptors (Lipinski definition) is 2. The van der Waals surface area contributed by atoms with Crippen LogP contribution in [0.15, 0.2) is 35.9 Å². The number of ether oxygens (including phenoxy) is 1. The standard InChI is InChI=1S/C14H18O2/c1-10(2)13(14(15)16-4)11(3)12-8-6-5-7-9-12/h5-10H,1-4H3/b13-11+. The number of carbonyl (C=O) groups excluding carboxylic acids is 1. The molecule has 0 heterocycles. The molecule has 0 saturated heterocycles. The molecule has 16 heavy (non-hydrogen) atoms. The maximum absolute atomic E-state index is 11.7. The molecule has 0 aliphatic rings. The van der Waals surface area contributed by atoms with Crippen molar-refractivity contribution in [2.45, 2.75) is 20.8 Å². The molecule has 0 radical (unpaired) electrons. The van der Waals surface area contributed by atoms with Crippen LogP contribution in [0.4, 0.5) is 0 Å². The fraction of sp³-hybridized carbons (Fsp3) is 0.357. The van der Waals surface area contributed by atoms with E-state index < -0.39 is 0 Å². The van der Waals surface area contributed by atoms with Crippen molar-refractivity contribution in [2.75, 3.05) is 7.11 Å². The van der Waals surface area contributed by atoms with Gasteiger partial charge in [0.2, 0.25) is 0 Å². The van der Waals surface area contributed by atoms with Crippen LogP contribution >= 0.6 is 0 Å². The molecule has 0 N–H and O–H groups in total.